The molecule has 0 aliphatic carbocycles. The van der Waals surface area contributed by atoms with E-state index in [4.69, 9.17) is 15.7 Å². The molecule has 1 aliphatic heterocycles. The second-order valence-corrected chi connectivity index (χ2v) is 11.8. The summed E-state index contributed by atoms with van der Waals surface area (Å²) in [6.45, 7) is 1.97. The number of fused-ring (bicyclic) bond motifs is 1. The zero-order chi connectivity index (χ0) is 32.9. The highest BCUT2D eigenvalue weighted by Crippen LogP contribution is 2.29. The molecule has 2 amide bonds. The Kier molecular flexibility index (Phi) is 8.88. The number of nitrogens with one attached hydrogen (secondary N) is 2. The fourth-order valence-corrected chi connectivity index (χ4v) is 6.17. The van der Waals surface area contributed by atoms with Crippen molar-refractivity contribution in [1.82, 2.24) is 34.4 Å². The predicted molar refractivity (Wildman–Crippen MR) is 186 cm³/mol. The minimum atomic E-state index is -0.112. The number of nitrogens with zero attached hydrogens (tertiary/aromatic N) is 7. The van der Waals surface area contributed by atoms with Gasteiger partial charge in [-0.25, -0.2) is 24.7 Å². The molecule has 1 unspecified atom stereocenters. The van der Waals surface area contributed by atoms with E-state index in [2.05, 4.69) is 25.6 Å². The maximum Gasteiger partial charge on any atom is 0.321 e. The van der Waals surface area contributed by atoms with Crippen LogP contribution in [0.5, 0.6) is 0 Å². The molecule has 3 aromatic carbocycles. The van der Waals surface area contributed by atoms with E-state index in [1.807, 2.05) is 94.4 Å². The first-order valence-electron chi connectivity index (χ1n) is 16.0. The molecule has 5 N–H and O–H groups in total. The molecule has 7 rings (SSSR count). The number of nitrogen functional groups attached to an aromatic ring is 1. The lowest BCUT2D eigenvalue weighted by atomic mass is 9.95. The maximum absolute atomic E-state index is 12.9. The lowest BCUT2D eigenvalue weighted by molar-refractivity contribution is 0.175. The second-order valence-electron chi connectivity index (χ2n) is 11.8. The Morgan fingerprint density at radius 1 is 0.938 bits per heavy atom. The van der Waals surface area contributed by atoms with Gasteiger partial charge in [0.1, 0.15) is 12.1 Å². The van der Waals surface area contributed by atoms with Crippen LogP contribution in [0.15, 0.2) is 97.5 Å². The molecule has 242 valence electrons. The van der Waals surface area contributed by atoms with Gasteiger partial charge in [0.15, 0.2) is 0 Å². The number of carbonyl (C=O) groups is 1. The molecule has 0 radical (unpaired) electrons. The van der Waals surface area contributed by atoms with Crippen LogP contribution in [0.2, 0.25) is 0 Å². The quantitative estimate of drug-likeness (QED) is 0.154. The number of piperidine rings is 1. The van der Waals surface area contributed by atoms with E-state index < -0.39 is 0 Å². The number of aromatic nitrogens is 6. The van der Waals surface area contributed by atoms with E-state index in [9.17, 15) is 9.90 Å². The van der Waals surface area contributed by atoms with Gasteiger partial charge in [-0.1, -0.05) is 48.5 Å². The van der Waals surface area contributed by atoms with Crippen molar-refractivity contribution in [1.29, 1.82) is 0 Å². The monoisotopic (exact) mass is 640 g/mol. The predicted octanol–water partition coefficient (Wildman–Crippen LogP) is 5.76. The summed E-state index contributed by atoms with van der Waals surface area (Å²) in [4.78, 5) is 37.6. The van der Waals surface area contributed by atoms with Gasteiger partial charge in [0.2, 0.25) is 11.9 Å². The maximum atomic E-state index is 12.9. The SMILES string of the molecule is Nc1nccc(-c2ccc3c(c2)ncn3-c2cc(-c3ccccc3CO)nc(NCCC3CCCN(C(=O)Nc4ccccc4)C3)n2)n1. The normalized spacial score (nSPS) is 14.6. The minimum Gasteiger partial charge on any atom is -0.392 e. The van der Waals surface area contributed by atoms with E-state index in [1.54, 1.807) is 12.5 Å². The third-order valence-corrected chi connectivity index (χ3v) is 8.61. The number of urea groups is 1. The molecule has 12 heteroatoms. The first kappa shape index (κ1) is 30.8. The Hall–Kier alpha value is -5.88. The first-order valence-corrected chi connectivity index (χ1v) is 16.0. The molecule has 12 nitrogen and oxygen atoms in total. The van der Waals surface area contributed by atoms with Crippen LogP contribution in [0.25, 0.3) is 39.4 Å². The van der Waals surface area contributed by atoms with Crippen molar-refractivity contribution >= 4 is 34.6 Å². The molecule has 1 fully saturated rings. The number of para-hydroxylation sites is 1. The van der Waals surface area contributed by atoms with Gasteiger partial charge in [0.05, 0.1) is 29.0 Å². The van der Waals surface area contributed by atoms with E-state index in [0.717, 1.165) is 59.2 Å². The summed E-state index contributed by atoms with van der Waals surface area (Å²) >= 11 is 0. The van der Waals surface area contributed by atoms with Gasteiger partial charge < -0.3 is 26.4 Å². The summed E-state index contributed by atoms with van der Waals surface area (Å²) in [5.41, 5.74) is 12.1. The first-order chi connectivity index (χ1) is 23.5. The highest BCUT2D eigenvalue weighted by Gasteiger charge is 2.24. The van der Waals surface area contributed by atoms with Gasteiger partial charge in [-0.05, 0) is 61.1 Å². The van der Waals surface area contributed by atoms with Gasteiger partial charge in [-0.15, -0.1) is 0 Å². The Morgan fingerprint density at radius 2 is 1.79 bits per heavy atom. The highest BCUT2D eigenvalue weighted by atomic mass is 16.3. The van der Waals surface area contributed by atoms with Gasteiger partial charge in [-0.2, -0.15) is 4.98 Å². The molecule has 3 aromatic heterocycles. The van der Waals surface area contributed by atoms with Gasteiger partial charge >= 0.3 is 6.03 Å². The van der Waals surface area contributed by atoms with Gasteiger partial charge in [0.25, 0.3) is 0 Å². The number of rotatable bonds is 9. The van der Waals surface area contributed by atoms with Crippen molar-refractivity contribution < 1.29 is 9.90 Å². The third kappa shape index (κ3) is 6.79. The van der Waals surface area contributed by atoms with Crippen LogP contribution in [-0.2, 0) is 6.61 Å². The summed E-state index contributed by atoms with van der Waals surface area (Å²) < 4.78 is 1.93. The number of aliphatic hydroxyl groups is 1. The smallest absolute Gasteiger partial charge is 0.321 e. The lowest BCUT2D eigenvalue weighted by Gasteiger charge is -2.32. The van der Waals surface area contributed by atoms with Crippen LogP contribution in [0.3, 0.4) is 0 Å². The summed E-state index contributed by atoms with van der Waals surface area (Å²) in [6.07, 6.45) is 6.25. The summed E-state index contributed by atoms with van der Waals surface area (Å²) in [5, 5.41) is 16.5. The number of anilines is 3. The molecule has 0 bridgehead atoms. The van der Waals surface area contributed by atoms with Crippen molar-refractivity contribution in [2.75, 3.05) is 36.0 Å². The van der Waals surface area contributed by atoms with Gasteiger partial charge in [-0.3, -0.25) is 4.57 Å². The molecular weight excluding hydrogens is 604 g/mol. The minimum absolute atomic E-state index is 0.0667. The number of carbonyl (C=O) groups excluding carboxylic acids is 1. The standard InChI is InChI=1S/C36H36N10O2/c37-34-38-17-15-29(42-34)25-12-13-32-31(19-25)40-23-46(32)33-20-30(28-11-5-4-8-26(28)22-47)43-35(44-33)39-16-14-24-7-6-18-45(21-24)36(48)41-27-9-2-1-3-10-27/h1-5,8-13,15,17,19-20,23-24,47H,6-7,14,16,18,21-22H2,(H,41,48)(H2,37,38,42)(H,39,43,44). The van der Waals surface area contributed by atoms with Gasteiger partial charge in [0, 0.05) is 48.7 Å². The largest absolute Gasteiger partial charge is 0.392 e. The van der Waals surface area contributed by atoms with E-state index in [0.29, 0.717) is 42.2 Å². The van der Waals surface area contributed by atoms with Crippen LogP contribution in [0.4, 0.5) is 22.4 Å². The number of nitrogens with two attached hydrogens (primary N) is 1. The zero-order valence-electron chi connectivity index (χ0n) is 26.3. The van der Waals surface area contributed by atoms with Crippen molar-refractivity contribution in [2.24, 2.45) is 5.92 Å². The third-order valence-electron chi connectivity index (χ3n) is 8.61. The van der Waals surface area contributed by atoms with Crippen molar-refractivity contribution in [3.63, 3.8) is 0 Å². The Labute approximate surface area is 277 Å². The fraction of sp³-hybridized carbons (Fsp3) is 0.222. The van der Waals surface area contributed by atoms with Crippen LogP contribution >= 0.6 is 0 Å². The molecule has 4 heterocycles. The molecule has 0 saturated carbocycles. The molecule has 48 heavy (non-hydrogen) atoms. The molecule has 6 aromatic rings. The van der Waals surface area contributed by atoms with E-state index in [-0.39, 0.29) is 18.6 Å². The average Bonchev–Trinajstić information content (AvgIpc) is 3.56. The molecule has 1 atom stereocenters. The van der Waals surface area contributed by atoms with Crippen molar-refractivity contribution in [3.05, 3.63) is 103 Å². The number of hydrogen-bond acceptors (Lipinski definition) is 9. The molecular formula is C36H36N10O2. The van der Waals surface area contributed by atoms with Crippen LogP contribution < -0.4 is 16.4 Å². The summed E-state index contributed by atoms with van der Waals surface area (Å²) in [7, 11) is 0. The second kappa shape index (κ2) is 13.9. The van der Waals surface area contributed by atoms with Crippen LogP contribution in [0.1, 0.15) is 24.8 Å². The number of aliphatic hydroxyl groups excluding tert-OH is 1. The van der Waals surface area contributed by atoms with E-state index in [1.165, 1.54) is 0 Å². The van der Waals surface area contributed by atoms with Crippen molar-refractivity contribution in [3.8, 4) is 28.3 Å². The lowest BCUT2D eigenvalue weighted by Crippen LogP contribution is -2.42. The molecule has 1 saturated heterocycles. The van der Waals surface area contributed by atoms with Crippen LogP contribution in [-0.4, -0.2) is 65.2 Å². The number of benzene rings is 3. The van der Waals surface area contributed by atoms with E-state index >= 15 is 0 Å². The topological polar surface area (TPSA) is 160 Å². The summed E-state index contributed by atoms with van der Waals surface area (Å²) in [5.74, 6) is 1.67. The van der Waals surface area contributed by atoms with Crippen molar-refractivity contribution in [2.45, 2.75) is 25.9 Å². The number of imidazole rings is 1. The fourth-order valence-electron chi connectivity index (χ4n) is 6.17. The number of amides is 2. The number of likely N-dealkylation sites (tertiary alicyclic amines) is 1. The Bertz CT molecular complexity index is 2050. The Morgan fingerprint density at radius 3 is 2.65 bits per heavy atom. The highest BCUT2D eigenvalue weighted by molar-refractivity contribution is 5.89. The Balaban J connectivity index is 1.12. The summed E-state index contributed by atoms with van der Waals surface area (Å²) in [6, 6.07) is 26.8. The van der Waals surface area contributed by atoms with Crippen LogP contribution in [0, 0.1) is 5.92 Å². The zero-order valence-corrected chi connectivity index (χ0v) is 26.3. The average molecular weight is 641 g/mol. The number of hydrogen-bond donors (Lipinski definition) is 4. The molecule has 1 aliphatic rings. The molecule has 0 spiro atoms.